The van der Waals surface area contributed by atoms with Gasteiger partial charge in [-0.1, -0.05) is 13.8 Å². The summed E-state index contributed by atoms with van der Waals surface area (Å²) in [5.41, 5.74) is 0. The quantitative estimate of drug-likeness (QED) is 0.519. The maximum Gasteiger partial charge on any atom is 0.191 e. The summed E-state index contributed by atoms with van der Waals surface area (Å²) in [6.45, 7) is 9.22. The number of guanidine groups is 1. The predicted molar refractivity (Wildman–Crippen MR) is 106 cm³/mol. The molecule has 2 aliphatic rings. The van der Waals surface area contributed by atoms with Crippen LogP contribution in [0.25, 0.3) is 0 Å². The summed E-state index contributed by atoms with van der Waals surface area (Å²) >= 11 is 0. The molecule has 0 atom stereocenters. The molecule has 7 nitrogen and oxygen atoms in total. The fourth-order valence-electron chi connectivity index (χ4n) is 3.83. The molecule has 26 heavy (non-hydrogen) atoms. The molecular weight excluding hydrogens is 352 g/mol. The Kier molecular flexibility index (Phi) is 7.73. The van der Waals surface area contributed by atoms with E-state index in [2.05, 4.69) is 34.4 Å². The van der Waals surface area contributed by atoms with Gasteiger partial charge in [0.1, 0.15) is 0 Å². The fraction of sp³-hybridized carbons (Fsp3) is 0.944. The summed E-state index contributed by atoms with van der Waals surface area (Å²) in [5.74, 6) is 1.39. The van der Waals surface area contributed by atoms with Gasteiger partial charge in [-0.3, -0.25) is 4.99 Å². The van der Waals surface area contributed by atoms with Gasteiger partial charge in [0.15, 0.2) is 15.8 Å². The number of hydrogen-bond donors (Lipinski definition) is 2. The first kappa shape index (κ1) is 21.4. The third-order valence-corrected chi connectivity index (χ3v) is 7.67. The maximum absolute atomic E-state index is 12.4. The average molecular weight is 389 g/mol. The minimum absolute atomic E-state index is 0.376. The van der Waals surface area contributed by atoms with E-state index in [0.29, 0.717) is 50.5 Å². The molecule has 2 rings (SSSR count). The first-order valence-electron chi connectivity index (χ1n) is 9.72. The highest BCUT2D eigenvalue weighted by molar-refractivity contribution is 7.92. The molecule has 8 heteroatoms. The molecule has 152 valence electrons. The van der Waals surface area contributed by atoms with Gasteiger partial charge in [-0.05, 0) is 31.6 Å². The second kappa shape index (κ2) is 9.37. The van der Waals surface area contributed by atoms with Gasteiger partial charge < -0.3 is 20.3 Å². The number of likely N-dealkylation sites (tertiary alicyclic amines) is 1. The lowest BCUT2D eigenvalue weighted by atomic mass is 9.99. The van der Waals surface area contributed by atoms with E-state index in [9.17, 15) is 8.42 Å². The summed E-state index contributed by atoms with van der Waals surface area (Å²) in [7, 11) is -1.44. The molecule has 0 aromatic heterocycles. The Bertz CT molecular complexity index is 563. The Balaban J connectivity index is 1.86. The van der Waals surface area contributed by atoms with E-state index in [0.717, 1.165) is 32.5 Å². The summed E-state index contributed by atoms with van der Waals surface area (Å²) < 4.78 is 29.3. The van der Waals surface area contributed by atoms with Gasteiger partial charge in [0.05, 0.1) is 4.75 Å². The largest absolute Gasteiger partial charge is 0.381 e. The van der Waals surface area contributed by atoms with Crippen molar-refractivity contribution in [1.29, 1.82) is 0 Å². The van der Waals surface area contributed by atoms with Crippen molar-refractivity contribution in [3.05, 3.63) is 0 Å². The highest BCUT2D eigenvalue weighted by Crippen LogP contribution is 2.28. The highest BCUT2D eigenvalue weighted by Gasteiger charge is 2.42. The van der Waals surface area contributed by atoms with Crippen LogP contribution < -0.4 is 10.6 Å². The molecule has 0 aliphatic carbocycles. The third-order valence-electron chi connectivity index (χ3n) is 5.54. The fourth-order valence-corrected chi connectivity index (χ4v) is 5.07. The summed E-state index contributed by atoms with van der Waals surface area (Å²) in [5, 5.41) is 6.74. The molecule has 0 amide bonds. The molecule has 0 aromatic rings. The van der Waals surface area contributed by atoms with E-state index in [1.54, 1.807) is 7.05 Å². The van der Waals surface area contributed by atoms with Crippen LogP contribution in [-0.2, 0) is 14.6 Å². The first-order valence-corrected chi connectivity index (χ1v) is 11.6. The zero-order valence-electron chi connectivity index (χ0n) is 16.8. The van der Waals surface area contributed by atoms with Crippen molar-refractivity contribution in [2.24, 2.45) is 10.9 Å². The number of nitrogens with one attached hydrogen (secondary N) is 2. The lowest BCUT2D eigenvalue weighted by Gasteiger charge is -2.37. The van der Waals surface area contributed by atoms with Crippen LogP contribution >= 0.6 is 0 Å². The number of ether oxygens (including phenoxy) is 1. The normalized spacial score (nSPS) is 23.2. The van der Waals surface area contributed by atoms with Gasteiger partial charge in [0.2, 0.25) is 0 Å². The van der Waals surface area contributed by atoms with Crippen LogP contribution in [-0.4, -0.2) is 82.8 Å². The zero-order valence-corrected chi connectivity index (χ0v) is 17.6. The Labute approximate surface area is 158 Å². The van der Waals surface area contributed by atoms with Gasteiger partial charge in [0.25, 0.3) is 0 Å². The highest BCUT2D eigenvalue weighted by atomic mass is 32.2. The number of nitrogens with zero attached hydrogens (tertiary/aromatic N) is 2. The third kappa shape index (κ3) is 5.82. The van der Waals surface area contributed by atoms with E-state index in [4.69, 9.17) is 4.74 Å². The molecule has 0 aromatic carbocycles. The smallest absolute Gasteiger partial charge is 0.191 e. The Morgan fingerprint density at radius 3 is 2.38 bits per heavy atom. The van der Waals surface area contributed by atoms with Gasteiger partial charge in [0, 0.05) is 58.7 Å². The molecule has 0 radical (unpaired) electrons. The average Bonchev–Trinajstić information content (AvgIpc) is 2.59. The monoisotopic (exact) mass is 388 g/mol. The summed E-state index contributed by atoms with van der Waals surface area (Å²) in [6.07, 6.45) is 4.56. The zero-order chi connectivity index (χ0) is 19.2. The van der Waals surface area contributed by atoms with Gasteiger partial charge in [-0.15, -0.1) is 0 Å². The molecule has 2 aliphatic heterocycles. The van der Waals surface area contributed by atoms with Crippen LogP contribution in [0.5, 0.6) is 0 Å². The number of sulfone groups is 1. The molecular formula is C18H36N4O3S. The second-order valence-electron chi connectivity index (χ2n) is 8.11. The molecule has 0 bridgehead atoms. The predicted octanol–water partition coefficient (Wildman–Crippen LogP) is 0.866. The van der Waals surface area contributed by atoms with Crippen molar-refractivity contribution < 1.29 is 13.2 Å². The van der Waals surface area contributed by atoms with Crippen molar-refractivity contribution in [3.8, 4) is 0 Å². The van der Waals surface area contributed by atoms with Gasteiger partial charge in [-0.25, -0.2) is 8.42 Å². The van der Waals surface area contributed by atoms with E-state index < -0.39 is 14.6 Å². The number of hydrogen-bond acceptors (Lipinski definition) is 5. The van der Waals surface area contributed by atoms with Crippen LogP contribution in [0.1, 0.15) is 39.5 Å². The molecule has 2 fully saturated rings. The summed E-state index contributed by atoms with van der Waals surface area (Å²) in [4.78, 5) is 6.82. The number of rotatable bonds is 6. The van der Waals surface area contributed by atoms with Crippen molar-refractivity contribution >= 4 is 15.8 Å². The van der Waals surface area contributed by atoms with Gasteiger partial charge >= 0.3 is 0 Å². The first-order chi connectivity index (χ1) is 12.3. The molecule has 0 saturated carbocycles. The van der Waals surface area contributed by atoms with Crippen molar-refractivity contribution in [3.63, 3.8) is 0 Å². The van der Waals surface area contributed by atoms with Crippen LogP contribution in [0.15, 0.2) is 4.99 Å². The Hall–Kier alpha value is -0.860. The lowest BCUT2D eigenvalue weighted by molar-refractivity contribution is 0.0756. The van der Waals surface area contributed by atoms with Crippen molar-refractivity contribution in [2.75, 3.05) is 52.7 Å². The van der Waals surface area contributed by atoms with Gasteiger partial charge in [-0.2, -0.15) is 0 Å². The van der Waals surface area contributed by atoms with E-state index >= 15 is 0 Å². The maximum atomic E-state index is 12.4. The molecule has 2 saturated heterocycles. The number of aliphatic imine (C=N–C) groups is 1. The molecule has 0 spiro atoms. The molecule has 2 heterocycles. The SMILES string of the molecule is CN=C(NCC1(S(C)(=O)=O)CCOCC1)NC1CCN(CC(C)C)CC1. The molecule has 0 unspecified atom stereocenters. The van der Waals surface area contributed by atoms with E-state index in [1.807, 2.05) is 0 Å². The topological polar surface area (TPSA) is 83.0 Å². The van der Waals surface area contributed by atoms with E-state index in [-0.39, 0.29) is 0 Å². The van der Waals surface area contributed by atoms with Crippen molar-refractivity contribution in [2.45, 2.75) is 50.3 Å². The number of piperidine rings is 1. The minimum Gasteiger partial charge on any atom is -0.381 e. The standard InChI is InChI=1S/C18H36N4O3S/c1-15(2)13-22-9-5-16(6-10-22)21-17(19-3)20-14-18(26(4,23)24)7-11-25-12-8-18/h15-16H,5-14H2,1-4H3,(H2,19,20,21). The minimum atomic E-state index is -3.18. The van der Waals surface area contributed by atoms with Crippen LogP contribution in [0.3, 0.4) is 0 Å². The second-order valence-corrected chi connectivity index (χ2v) is 10.5. The Morgan fingerprint density at radius 1 is 1.27 bits per heavy atom. The van der Waals surface area contributed by atoms with E-state index in [1.165, 1.54) is 6.26 Å². The molecule has 2 N–H and O–H groups in total. The Morgan fingerprint density at radius 2 is 1.88 bits per heavy atom. The summed E-state index contributed by atoms with van der Waals surface area (Å²) in [6, 6.07) is 0.383. The van der Waals surface area contributed by atoms with Crippen LogP contribution in [0.4, 0.5) is 0 Å². The lowest BCUT2D eigenvalue weighted by Crippen LogP contribution is -2.55. The van der Waals surface area contributed by atoms with Crippen LogP contribution in [0.2, 0.25) is 0 Å². The van der Waals surface area contributed by atoms with Crippen molar-refractivity contribution in [1.82, 2.24) is 15.5 Å². The van der Waals surface area contributed by atoms with Crippen LogP contribution in [0, 0.1) is 5.92 Å².